The molecule has 0 radical (unpaired) electrons. The maximum absolute atomic E-state index is 9.31. The molecule has 3 rings (SSSR count). The summed E-state index contributed by atoms with van der Waals surface area (Å²) in [6.07, 6.45) is 5.04. The van der Waals surface area contributed by atoms with E-state index in [0.717, 1.165) is 18.4 Å². The highest BCUT2D eigenvalue weighted by Gasteiger charge is 2.35. The molecule has 0 amide bonds. The molecule has 110 valence electrons. The standard InChI is InChI=1S/C17H26N2O/c1-13(4-5-14-6-8-16(20)9-7-14)19-11-15-3-2-10-18-17(15)12-19/h6-9,13,15,17-18,20H,2-5,10-12H2,1H3. The number of phenolic OH excluding ortho intramolecular Hbond substituents is 1. The van der Waals surface area contributed by atoms with Crippen molar-refractivity contribution in [3.8, 4) is 5.75 Å². The third-order valence-electron chi connectivity index (χ3n) is 5.04. The third-order valence-corrected chi connectivity index (χ3v) is 5.04. The van der Waals surface area contributed by atoms with Gasteiger partial charge in [0.05, 0.1) is 0 Å². The zero-order valence-corrected chi connectivity index (χ0v) is 12.4. The second-order valence-electron chi connectivity index (χ2n) is 6.47. The van der Waals surface area contributed by atoms with Crippen LogP contribution in [0, 0.1) is 5.92 Å². The van der Waals surface area contributed by atoms with Gasteiger partial charge >= 0.3 is 0 Å². The van der Waals surface area contributed by atoms with E-state index in [0.29, 0.717) is 11.8 Å². The van der Waals surface area contributed by atoms with E-state index in [1.54, 1.807) is 12.1 Å². The number of aryl methyl sites for hydroxylation is 1. The van der Waals surface area contributed by atoms with Crippen molar-refractivity contribution in [2.45, 2.75) is 44.7 Å². The summed E-state index contributed by atoms with van der Waals surface area (Å²) in [6, 6.07) is 9.03. The number of aromatic hydroxyl groups is 1. The summed E-state index contributed by atoms with van der Waals surface area (Å²) in [4.78, 5) is 2.66. The summed E-state index contributed by atoms with van der Waals surface area (Å²) in [5.41, 5.74) is 1.32. The first-order valence-electron chi connectivity index (χ1n) is 7.98. The van der Waals surface area contributed by atoms with Gasteiger partial charge in [-0.05, 0) is 62.8 Å². The van der Waals surface area contributed by atoms with Gasteiger partial charge in [0.1, 0.15) is 5.75 Å². The summed E-state index contributed by atoms with van der Waals surface area (Å²) in [6.45, 7) is 6.06. The number of nitrogens with zero attached hydrogens (tertiary/aromatic N) is 1. The fraction of sp³-hybridized carbons (Fsp3) is 0.647. The number of fused-ring (bicyclic) bond motifs is 1. The predicted octanol–water partition coefficient (Wildman–Crippen LogP) is 2.40. The normalized spacial score (nSPS) is 28.2. The minimum absolute atomic E-state index is 0.358. The van der Waals surface area contributed by atoms with Crippen LogP contribution in [0.2, 0.25) is 0 Å². The average molecular weight is 274 g/mol. The lowest BCUT2D eigenvalue weighted by molar-refractivity contribution is 0.236. The molecule has 2 heterocycles. The van der Waals surface area contributed by atoms with Crippen molar-refractivity contribution in [2.24, 2.45) is 5.92 Å². The van der Waals surface area contributed by atoms with Crippen LogP contribution in [0.3, 0.4) is 0 Å². The number of likely N-dealkylation sites (tertiary alicyclic amines) is 1. The van der Waals surface area contributed by atoms with Crippen LogP contribution in [0.1, 0.15) is 31.7 Å². The van der Waals surface area contributed by atoms with Crippen molar-refractivity contribution in [1.29, 1.82) is 0 Å². The molecule has 1 aromatic rings. The first-order chi connectivity index (χ1) is 9.72. The van der Waals surface area contributed by atoms with Gasteiger partial charge in [-0.15, -0.1) is 0 Å². The summed E-state index contributed by atoms with van der Waals surface area (Å²) < 4.78 is 0. The Labute approximate surface area is 122 Å². The Morgan fingerprint density at radius 1 is 1.30 bits per heavy atom. The summed E-state index contributed by atoms with van der Waals surface area (Å²) >= 11 is 0. The number of nitrogens with one attached hydrogen (secondary N) is 1. The van der Waals surface area contributed by atoms with E-state index < -0.39 is 0 Å². The third kappa shape index (κ3) is 3.15. The Morgan fingerprint density at radius 3 is 2.85 bits per heavy atom. The topological polar surface area (TPSA) is 35.5 Å². The van der Waals surface area contributed by atoms with E-state index >= 15 is 0 Å². The van der Waals surface area contributed by atoms with Crippen LogP contribution >= 0.6 is 0 Å². The Bertz CT molecular complexity index is 417. The molecule has 3 heteroatoms. The minimum Gasteiger partial charge on any atom is -0.508 e. The lowest BCUT2D eigenvalue weighted by Crippen LogP contribution is -2.41. The molecule has 0 aromatic heterocycles. The Balaban J connectivity index is 1.49. The monoisotopic (exact) mass is 274 g/mol. The van der Waals surface area contributed by atoms with Crippen molar-refractivity contribution < 1.29 is 5.11 Å². The van der Waals surface area contributed by atoms with Gasteiger partial charge < -0.3 is 10.4 Å². The number of benzene rings is 1. The fourth-order valence-corrected chi connectivity index (χ4v) is 3.66. The number of hydrogen-bond acceptors (Lipinski definition) is 3. The van der Waals surface area contributed by atoms with E-state index in [1.807, 2.05) is 12.1 Å². The molecule has 2 fully saturated rings. The molecular weight excluding hydrogens is 248 g/mol. The summed E-state index contributed by atoms with van der Waals surface area (Å²) in [5, 5.41) is 13.0. The van der Waals surface area contributed by atoms with E-state index in [1.165, 1.54) is 44.5 Å². The highest BCUT2D eigenvalue weighted by atomic mass is 16.3. The number of phenols is 1. The van der Waals surface area contributed by atoms with Gasteiger partial charge in [0.25, 0.3) is 0 Å². The second-order valence-corrected chi connectivity index (χ2v) is 6.47. The molecule has 20 heavy (non-hydrogen) atoms. The molecule has 0 aliphatic carbocycles. The van der Waals surface area contributed by atoms with Crippen molar-refractivity contribution in [3.63, 3.8) is 0 Å². The first kappa shape index (κ1) is 13.9. The van der Waals surface area contributed by atoms with Crippen molar-refractivity contribution in [2.75, 3.05) is 19.6 Å². The van der Waals surface area contributed by atoms with Gasteiger partial charge in [0, 0.05) is 25.2 Å². The van der Waals surface area contributed by atoms with E-state index in [2.05, 4.69) is 17.1 Å². The molecule has 2 N–H and O–H groups in total. The largest absolute Gasteiger partial charge is 0.508 e. The molecule has 2 aliphatic rings. The van der Waals surface area contributed by atoms with Gasteiger partial charge in [0.2, 0.25) is 0 Å². The SMILES string of the molecule is CC(CCc1ccc(O)cc1)N1CC2CCCNC2C1. The molecule has 3 atom stereocenters. The van der Waals surface area contributed by atoms with E-state index in [9.17, 15) is 5.11 Å². The van der Waals surface area contributed by atoms with Crippen molar-refractivity contribution >= 4 is 0 Å². The molecule has 2 saturated heterocycles. The van der Waals surface area contributed by atoms with Crippen LogP contribution in [-0.2, 0) is 6.42 Å². The van der Waals surface area contributed by atoms with Gasteiger partial charge in [0.15, 0.2) is 0 Å². The Kier molecular flexibility index (Phi) is 4.27. The summed E-state index contributed by atoms with van der Waals surface area (Å²) in [7, 11) is 0. The van der Waals surface area contributed by atoms with Gasteiger partial charge in [-0.3, -0.25) is 4.90 Å². The highest BCUT2D eigenvalue weighted by Crippen LogP contribution is 2.27. The van der Waals surface area contributed by atoms with Gasteiger partial charge in [-0.25, -0.2) is 0 Å². The van der Waals surface area contributed by atoms with Gasteiger partial charge in [-0.1, -0.05) is 12.1 Å². The molecule has 1 aromatic carbocycles. The molecule has 0 saturated carbocycles. The van der Waals surface area contributed by atoms with Crippen LogP contribution in [0.15, 0.2) is 24.3 Å². The Morgan fingerprint density at radius 2 is 2.10 bits per heavy atom. The van der Waals surface area contributed by atoms with Crippen LogP contribution < -0.4 is 5.32 Å². The van der Waals surface area contributed by atoms with Crippen LogP contribution in [0.4, 0.5) is 0 Å². The van der Waals surface area contributed by atoms with Crippen LogP contribution in [-0.4, -0.2) is 41.7 Å². The van der Waals surface area contributed by atoms with Crippen molar-refractivity contribution in [1.82, 2.24) is 10.2 Å². The predicted molar refractivity (Wildman–Crippen MR) is 82.0 cm³/mol. The number of rotatable bonds is 4. The molecule has 0 spiro atoms. The average Bonchev–Trinajstić information content (AvgIpc) is 2.90. The molecule has 0 bridgehead atoms. The Hall–Kier alpha value is -1.06. The summed E-state index contributed by atoms with van der Waals surface area (Å²) in [5.74, 6) is 1.23. The minimum atomic E-state index is 0.358. The number of hydrogen-bond donors (Lipinski definition) is 2. The zero-order valence-electron chi connectivity index (χ0n) is 12.4. The van der Waals surface area contributed by atoms with Gasteiger partial charge in [-0.2, -0.15) is 0 Å². The maximum Gasteiger partial charge on any atom is 0.115 e. The number of piperidine rings is 1. The molecule has 2 aliphatic heterocycles. The van der Waals surface area contributed by atoms with E-state index in [4.69, 9.17) is 0 Å². The zero-order chi connectivity index (χ0) is 13.9. The highest BCUT2D eigenvalue weighted by molar-refractivity contribution is 5.25. The second kappa shape index (κ2) is 6.15. The maximum atomic E-state index is 9.31. The fourth-order valence-electron chi connectivity index (χ4n) is 3.66. The molecular formula is C17H26N2O. The molecule has 3 unspecified atom stereocenters. The van der Waals surface area contributed by atoms with E-state index in [-0.39, 0.29) is 0 Å². The molecule has 3 nitrogen and oxygen atoms in total. The van der Waals surface area contributed by atoms with Crippen LogP contribution in [0.5, 0.6) is 5.75 Å². The smallest absolute Gasteiger partial charge is 0.115 e. The van der Waals surface area contributed by atoms with Crippen LogP contribution in [0.25, 0.3) is 0 Å². The lowest BCUT2D eigenvalue weighted by Gasteiger charge is -2.25. The lowest BCUT2D eigenvalue weighted by atomic mass is 9.94. The first-order valence-corrected chi connectivity index (χ1v) is 7.98. The quantitative estimate of drug-likeness (QED) is 0.885. The van der Waals surface area contributed by atoms with Crippen molar-refractivity contribution in [3.05, 3.63) is 29.8 Å².